The minimum absolute atomic E-state index is 0.926. The van der Waals surface area contributed by atoms with Crippen molar-refractivity contribution in [2.45, 2.75) is 51.0 Å². The maximum atomic E-state index is 3.89. The van der Waals surface area contributed by atoms with E-state index in [1.54, 1.807) is 19.3 Å². The molecule has 4 aliphatic rings. The molecular weight excluding hydrogens is 182 g/mol. The quantitative estimate of drug-likeness (QED) is 0.747. The number of fused-ring (bicyclic) bond motifs is 5. The number of rotatable bonds is 3. The second-order valence-corrected chi connectivity index (χ2v) is 6.61. The zero-order valence-electron chi connectivity index (χ0n) is 9.62. The highest BCUT2D eigenvalue weighted by molar-refractivity contribution is 5.05. The van der Waals surface area contributed by atoms with Gasteiger partial charge < -0.3 is 5.32 Å². The summed E-state index contributed by atoms with van der Waals surface area (Å²) in [4.78, 5) is 0. The van der Waals surface area contributed by atoms with Crippen molar-refractivity contribution in [1.82, 2.24) is 5.32 Å². The van der Waals surface area contributed by atoms with Crippen LogP contribution in [0.1, 0.15) is 44.9 Å². The van der Waals surface area contributed by atoms with E-state index in [0.717, 1.165) is 35.6 Å². The van der Waals surface area contributed by atoms with E-state index in [4.69, 9.17) is 0 Å². The van der Waals surface area contributed by atoms with Gasteiger partial charge in [-0.15, -0.1) is 0 Å². The fourth-order valence-corrected chi connectivity index (χ4v) is 4.94. The van der Waals surface area contributed by atoms with Gasteiger partial charge in [0.25, 0.3) is 0 Å². The summed E-state index contributed by atoms with van der Waals surface area (Å²) in [6.45, 7) is 1.34. The third kappa shape index (κ3) is 1.39. The Bertz CT molecular complexity index is 258. The normalized spacial score (nSPS) is 52.4. The maximum Gasteiger partial charge on any atom is 0.0101 e. The van der Waals surface area contributed by atoms with Crippen molar-refractivity contribution in [1.29, 1.82) is 0 Å². The van der Waals surface area contributed by atoms with Crippen molar-refractivity contribution in [2.75, 3.05) is 6.54 Å². The van der Waals surface area contributed by atoms with E-state index in [1.807, 2.05) is 0 Å². The molecule has 0 radical (unpaired) electrons. The van der Waals surface area contributed by atoms with E-state index in [2.05, 4.69) is 5.32 Å². The number of nitrogens with one attached hydrogen (secondary N) is 1. The molecule has 5 atom stereocenters. The Labute approximate surface area is 93.0 Å². The topological polar surface area (TPSA) is 12.0 Å². The molecule has 84 valence electrons. The Balaban J connectivity index is 1.41. The molecule has 4 fully saturated rings. The summed E-state index contributed by atoms with van der Waals surface area (Å²) in [6, 6.07) is 0.926. The minimum atomic E-state index is 0.926. The molecule has 1 nitrogen and oxygen atoms in total. The van der Waals surface area contributed by atoms with Crippen LogP contribution in [0.15, 0.2) is 0 Å². The lowest BCUT2D eigenvalue weighted by Gasteiger charge is -2.32. The van der Waals surface area contributed by atoms with E-state index in [0.29, 0.717) is 0 Å². The van der Waals surface area contributed by atoms with Crippen molar-refractivity contribution >= 4 is 0 Å². The predicted molar refractivity (Wildman–Crippen MR) is 61.6 cm³/mol. The molecule has 0 heterocycles. The maximum absolute atomic E-state index is 3.89. The van der Waals surface area contributed by atoms with Gasteiger partial charge in [0.2, 0.25) is 0 Å². The summed E-state index contributed by atoms with van der Waals surface area (Å²) >= 11 is 0. The molecule has 0 amide bonds. The van der Waals surface area contributed by atoms with Crippen LogP contribution in [0.5, 0.6) is 0 Å². The molecule has 0 aliphatic heterocycles. The zero-order valence-corrected chi connectivity index (χ0v) is 9.62. The Hall–Kier alpha value is -0.0400. The summed E-state index contributed by atoms with van der Waals surface area (Å²) in [5.41, 5.74) is 0. The first-order chi connectivity index (χ1) is 7.42. The fourth-order valence-electron chi connectivity index (χ4n) is 4.94. The molecule has 0 aromatic heterocycles. The van der Waals surface area contributed by atoms with E-state index in [1.165, 1.54) is 32.2 Å². The smallest absolute Gasteiger partial charge is 0.0101 e. The van der Waals surface area contributed by atoms with Crippen molar-refractivity contribution in [2.24, 2.45) is 29.6 Å². The van der Waals surface area contributed by atoms with Crippen LogP contribution in [0.4, 0.5) is 0 Å². The standard InChI is InChI=1S/C14H23N/c1-2-11-10-6-13(12(11)3-1)14(7-10)15-8-9-4-5-9/h9-15H,1-8H2/t10-,11-,12+,13+,14+/m1/s1. The molecule has 0 saturated heterocycles. The second kappa shape index (κ2) is 3.23. The van der Waals surface area contributed by atoms with Crippen LogP contribution >= 0.6 is 0 Å². The second-order valence-electron chi connectivity index (χ2n) is 6.61. The summed E-state index contributed by atoms with van der Waals surface area (Å²) in [5.74, 6) is 5.57. The van der Waals surface area contributed by atoms with Crippen molar-refractivity contribution in [3.63, 3.8) is 0 Å². The molecule has 0 aromatic rings. The van der Waals surface area contributed by atoms with Crippen molar-refractivity contribution in [3.05, 3.63) is 0 Å². The van der Waals surface area contributed by atoms with Gasteiger partial charge in [-0.3, -0.25) is 0 Å². The lowest BCUT2D eigenvalue weighted by Crippen LogP contribution is -2.40. The van der Waals surface area contributed by atoms with Gasteiger partial charge in [0.15, 0.2) is 0 Å². The predicted octanol–water partition coefficient (Wildman–Crippen LogP) is 2.81. The fraction of sp³-hybridized carbons (Fsp3) is 1.00. The number of hydrogen-bond donors (Lipinski definition) is 1. The van der Waals surface area contributed by atoms with Gasteiger partial charge in [-0.2, -0.15) is 0 Å². The van der Waals surface area contributed by atoms with Crippen LogP contribution in [0, 0.1) is 29.6 Å². The van der Waals surface area contributed by atoms with Crippen LogP contribution in [-0.2, 0) is 0 Å². The molecule has 1 N–H and O–H groups in total. The molecule has 4 saturated carbocycles. The summed E-state index contributed by atoms with van der Waals surface area (Å²) in [5, 5.41) is 3.89. The first-order valence-corrected chi connectivity index (χ1v) is 7.15. The summed E-state index contributed by atoms with van der Waals surface area (Å²) in [6.07, 6.45) is 10.8. The first-order valence-electron chi connectivity index (χ1n) is 7.15. The van der Waals surface area contributed by atoms with E-state index in [9.17, 15) is 0 Å². The average molecular weight is 205 g/mol. The third-order valence-corrected chi connectivity index (χ3v) is 5.79. The van der Waals surface area contributed by atoms with Crippen LogP contribution in [0.3, 0.4) is 0 Å². The Morgan fingerprint density at radius 1 is 0.867 bits per heavy atom. The first kappa shape index (κ1) is 9.04. The van der Waals surface area contributed by atoms with Crippen LogP contribution < -0.4 is 5.32 Å². The molecule has 0 aromatic carbocycles. The van der Waals surface area contributed by atoms with E-state index in [-0.39, 0.29) is 0 Å². The van der Waals surface area contributed by atoms with Gasteiger partial charge >= 0.3 is 0 Å². The van der Waals surface area contributed by atoms with Crippen LogP contribution in [-0.4, -0.2) is 12.6 Å². The highest BCUT2D eigenvalue weighted by Crippen LogP contribution is 2.58. The summed E-state index contributed by atoms with van der Waals surface area (Å²) in [7, 11) is 0. The monoisotopic (exact) mass is 205 g/mol. The average Bonchev–Trinajstić information content (AvgIpc) is 2.72. The third-order valence-electron chi connectivity index (χ3n) is 5.79. The Kier molecular flexibility index (Phi) is 1.94. The molecule has 4 rings (SSSR count). The minimum Gasteiger partial charge on any atom is -0.313 e. The van der Waals surface area contributed by atoms with Crippen molar-refractivity contribution < 1.29 is 0 Å². The Morgan fingerprint density at radius 2 is 1.73 bits per heavy atom. The molecule has 2 bridgehead atoms. The molecule has 4 aliphatic carbocycles. The SMILES string of the molecule is C1C[C@H]2[C@H](C1)[C@@H]1C[C@@H]2[C@@H](NCC2CC2)C1. The van der Waals surface area contributed by atoms with Crippen molar-refractivity contribution in [3.8, 4) is 0 Å². The highest BCUT2D eigenvalue weighted by Gasteiger charge is 2.53. The largest absolute Gasteiger partial charge is 0.313 e. The van der Waals surface area contributed by atoms with Gasteiger partial charge in [0, 0.05) is 6.04 Å². The van der Waals surface area contributed by atoms with E-state index < -0.39 is 0 Å². The lowest BCUT2D eigenvalue weighted by molar-refractivity contribution is 0.208. The summed E-state index contributed by atoms with van der Waals surface area (Å²) < 4.78 is 0. The van der Waals surface area contributed by atoms with Gasteiger partial charge in [0.05, 0.1) is 0 Å². The van der Waals surface area contributed by atoms with Gasteiger partial charge in [-0.1, -0.05) is 6.42 Å². The molecule has 0 unspecified atom stereocenters. The van der Waals surface area contributed by atoms with Crippen LogP contribution in [0.2, 0.25) is 0 Å². The van der Waals surface area contributed by atoms with Gasteiger partial charge in [-0.25, -0.2) is 0 Å². The van der Waals surface area contributed by atoms with Gasteiger partial charge in [0.1, 0.15) is 0 Å². The molecule has 15 heavy (non-hydrogen) atoms. The number of hydrogen-bond acceptors (Lipinski definition) is 1. The Morgan fingerprint density at radius 3 is 2.60 bits per heavy atom. The molecule has 0 spiro atoms. The highest BCUT2D eigenvalue weighted by atomic mass is 15.0. The van der Waals surface area contributed by atoms with Gasteiger partial charge in [-0.05, 0) is 74.7 Å². The lowest BCUT2D eigenvalue weighted by atomic mass is 9.79. The van der Waals surface area contributed by atoms with Crippen LogP contribution in [0.25, 0.3) is 0 Å². The molecular formula is C14H23N. The zero-order chi connectivity index (χ0) is 9.83. The van der Waals surface area contributed by atoms with E-state index >= 15 is 0 Å². The molecule has 1 heteroatoms.